The second-order valence-electron chi connectivity index (χ2n) is 8.20. The quantitative estimate of drug-likeness (QED) is 0.391. The zero-order chi connectivity index (χ0) is 26.2. The van der Waals surface area contributed by atoms with Gasteiger partial charge >= 0.3 is 12.1 Å². The lowest BCUT2D eigenvalue weighted by molar-refractivity contribution is -0.142. The number of benzene rings is 1. The molecule has 1 amide bonds. The molecule has 1 aliphatic rings. The van der Waals surface area contributed by atoms with Crippen LogP contribution in [-0.2, 0) is 11.0 Å². The highest BCUT2D eigenvalue weighted by molar-refractivity contribution is 7.16. The minimum absolute atomic E-state index is 0.0682. The number of carbonyl (C=O) groups is 2. The standard InChI is InChI=1S/C23H19ClF4N4O3S/c1-11-18(13-2-3-17(25)15(8-13)23(26,27)28)30-22(36-11)31-20(33)14-9-16(24)19(29-10-14)32-6-4-12(5-7-32)21(34)35/h2-3,8-10,12H,4-7H2,1H3,(H,34,35)(H,30,31,33). The SMILES string of the molecule is Cc1sc(NC(=O)c2cnc(N3CCC(C(=O)O)CC3)c(Cl)c2)nc1-c1ccc(F)c(C(F)(F)F)c1. The number of piperidine rings is 1. The molecule has 1 fully saturated rings. The molecule has 1 saturated heterocycles. The number of carboxylic acid groups (broad SMARTS) is 1. The number of carboxylic acids is 1. The summed E-state index contributed by atoms with van der Waals surface area (Å²) < 4.78 is 52.9. The molecule has 1 aromatic carbocycles. The Labute approximate surface area is 211 Å². The van der Waals surface area contributed by atoms with Gasteiger partial charge in [-0.15, -0.1) is 11.3 Å². The van der Waals surface area contributed by atoms with Gasteiger partial charge in [-0.25, -0.2) is 14.4 Å². The van der Waals surface area contributed by atoms with Crippen LogP contribution in [0.4, 0.5) is 28.5 Å². The highest BCUT2D eigenvalue weighted by atomic mass is 35.5. The summed E-state index contributed by atoms with van der Waals surface area (Å²) >= 11 is 7.40. The van der Waals surface area contributed by atoms with Crippen molar-refractivity contribution in [2.45, 2.75) is 25.9 Å². The first kappa shape index (κ1) is 25.8. The van der Waals surface area contributed by atoms with E-state index in [0.29, 0.717) is 42.7 Å². The first-order valence-corrected chi connectivity index (χ1v) is 11.9. The predicted molar refractivity (Wildman–Crippen MR) is 127 cm³/mol. The number of alkyl halides is 3. The summed E-state index contributed by atoms with van der Waals surface area (Å²) in [6.45, 7) is 2.56. The first-order valence-electron chi connectivity index (χ1n) is 10.7. The number of aliphatic carboxylic acids is 1. The van der Waals surface area contributed by atoms with E-state index in [-0.39, 0.29) is 27.0 Å². The predicted octanol–water partition coefficient (Wildman–Crippen LogP) is 5.88. The lowest BCUT2D eigenvalue weighted by Gasteiger charge is -2.31. The van der Waals surface area contributed by atoms with Gasteiger partial charge < -0.3 is 10.0 Å². The molecule has 36 heavy (non-hydrogen) atoms. The summed E-state index contributed by atoms with van der Waals surface area (Å²) in [6, 6.07) is 4.04. The number of pyridine rings is 1. The third kappa shape index (κ3) is 5.44. The Morgan fingerprint density at radius 1 is 1.22 bits per heavy atom. The van der Waals surface area contributed by atoms with Gasteiger partial charge in [0.25, 0.3) is 5.91 Å². The third-order valence-corrected chi connectivity index (χ3v) is 6.95. The molecule has 7 nitrogen and oxygen atoms in total. The van der Waals surface area contributed by atoms with Crippen molar-refractivity contribution < 1.29 is 32.3 Å². The van der Waals surface area contributed by atoms with Crippen molar-refractivity contribution in [2.75, 3.05) is 23.3 Å². The van der Waals surface area contributed by atoms with Crippen molar-refractivity contribution in [2.24, 2.45) is 5.92 Å². The molecule has 190 valence electrons. The summed E-state index contributed by atoms with van der Waals surface area (Å²) in [5, 5.41) is 12.1. The number of rotatable bonds is 5. The lowest BCUT2D eigenvalue weighted by Crippen LogP contribution is -2.37. The fourth-order valence-corrected chi connectivity index (χ4v) is 5.02. The van der Waals surface area contributed by atoms with Crippen molar-refractivity contribution in [1.82, 2.24) is 9.97 Å². The molecular weight excluding hydrogens is 524 g/mol. The fraction of sp³-hybridized carbons (Fsp3) is 0.304. The number of carbonyl (C=O) groups excluding carboxylic acids is 1. The van der Waals surface area contributed by atoms with Crippen LogP contribution >= 0.6 is 22.9 Å². The third-order valence-electron chi connectivity index (χ3n) is 5.79. The summed E-state index contributed by atoms with van der Waals surface area (Å²) in [7, 11) is 0. The topological polar surface area (TPSA) is 95.4 Å². The molecule has 0 atom stereocenters. The van der Waals surface area contributed by atoms with Gasteiger partial charge in [0, 0.05) is 29.7 Å². The summed E-state index contributed by atoms with van der Waals surface area (Å²) in [4.78, 5) is 34.8. The molecule has 0 spiro atoms. The van der Waals surface area contributed by atoms with Gasteiger partial charge in [0.05, 0.1) is 27.8 Å². The summed E-state index contributed by atoms with van der Waals surface area (Å²) in [5.74, 6) is -2.75. The maximum Gasteiger partial charge on any atom is 0.419 e. The minimum Gasteiger partial charge on any atom is -0.481 e. The smallest absolute Gasteiger partial charge is 0.419 e. The Hall–Kier alpha value is -3.25. The van der Waals surface area contributed by atoms with Gasteiger partial charge in [0.2, 0.25) is 0 Å². The zero-order valence-corrected chi connectivity index (χ0v) is 20.3. The summed E-state index contributed by atoms with van der Waals surface area (Å²) in [6.07, 6.45) is -2.61. The first-order chi connectivity index (χ1) is 16.9. The van der Waals surface area contributed by atoms with Gasteiger partial charge in [-0.2, -0.15) is 13.2 Å². The molecule has 1 aliphatic heterocycles. The molecule has 2 N–H and O–H groups in total. The molecule has 4 rings (SSSR count). The van der Waals surface area contributed by atoms with Crippen LogP contribution in [0.15, 0.2) is 30.5 Å². The van der Waals surface area contributed by atoms with E-state index in [2.05, 4.69) is 15.3 Å². The average Bonchev–Trinajstić information content (AvgIpc) is 3.18. The fourth-order valence-electron chi connectivity index (χ4n) is 3.90. The number of anilines is 2. The van der Waals surface area contributed by atoms with Crippen LogP contribution in [0, 0.1) is 18.7 Å². The molecule has 0 aliphatic carbocycles. The minimum atomic E-state index is -4.86. The molecular formula is C23H19ClF4N4O3S. The van der Waals surface area contributed by atoms with Crippen LogP contribution in [0.25, 0.3) is 11.3 Å². The van der Waals surface area contributed by atoms with Crippen LogP contribution in [-0.4, -0.2) is 40.0 Å². The van der Waals surface area contributed by atoms with E-state index in [9.17, 15) is 27.2 Å². The van der Waals surface area contributed by atoms with Crippen LogP contribution in [0.1, 0.15) is 33.6 Å². The van der Waals surface area contributed by atoms with Crippen molar-refractivity contribution >= 4 is 45.8 Å². The maximum atomic E-state index is 13.6. The van der Waals surface area contributed by atoms with Crippen LogP contribution in [0.5, 0.6) is 0 Å². The Morgan fingerprint density at radius 2 is 1.92 bits per heavy atom. The molecule has 0 saturated carbocycles. The highest BCUT2D eigenvalue weighted by Crippen LogP contribution is 2.37. The second-order valence-corrected chi connectivity index (χ2v) is 9.81. The number of aryl methyl sites for hydroxylation is 1. The second kappa shape index (κ2) is 10.0. The number of hydrogen-bond acceptors (Lipinski definition) is 6. The molecule has 0 bridgehead atoms. The lowest BCUT2D eigenvalue weighted by atomic mass is 9.97. The average molecular weight is 543 g/mol. The number of nitrogens with one attached hydrogen (secondary N) is 1. The normalized spacial score (nSPS) is 14.7. The van der Waals surface area contributed by atoms with Crippen LogP contribution in [0.2, 0.25) is 5.02 Å². The molecule has 2 aromatic heterocycles. The molecule has 0 radical (unpaired) electrons. The number of nitrogens with zero attached hydrogens (tertiary/aromatic N) is 3. The van der Waals surface area contributed by atoms with Crippen molar-refractivity contribution in [3.8, 4) is 11.3 Å². The van der Waals surface area contributed by atoms with Crippen molar-refractivity contribution in [3.05, 3.63) is 57.3 Å². The van der Waals surface area contributed by atoms with E-state index < -0.39 is 35.4 Å². The van der Waals surface area contributed by atoms with E-state index in [1.54, 1.807) is 6.92 Å². The van der Waals surface area contributed by atoms with Gasteiger partial charge in [0.15, 0.2) is 5.13 Å². The number of halogens is 5. The van der Waals surface area contributed by atoms with Crippen molar-refractivity contribution in [1.29, 1.82) is 0 Å². The Balaban J connectivity index is 1.49. The van der Waals surface area contributed by atoms with E-state index in [4.69, 9.17) is 16.7 Å². The van der Waals surface area contributed by atoms with E-state index >= 15 is 0 Å². The molecule has 13 heteroatoms. The van der Waals surface area contributed by atoms with Crippen LogP contribution in [0.3, 0.4) is 0 Å². The molecule has 0 unspecified atom stereocenters. The van der Waals surface area contributed by atoms with E-state index in [0.717, 1.165) is 17.4 Å². The molecule has 3 aromatic rings. The van der Waals surface area contributed by atoms with Crippen molar-refractivity contribution in [3.63, 3.8) is 0 Å². The largest absolute Gasteiger partial charge is 0.481 e. The zero-order valence-electron chi connectivity index (χ0n) is 18.7. The number of amides is 1. The Bertz CT molecular complexity index is 1320. The van der Waals surface area contributed by atoms with Gasteiger partial charge in [0.1, 0.15) is 11.6 Å². The maximum absolute atomic E-state index is 13.6. The monoisotopic (exact) mass is 542 g/mol. The van der Waals surface area contributed by atoms with Gasteiger partial charge in [-0.1, -0.05) is 11.6 Å². The molecule has 3 heterocycles. The Morgan fingerprint density at radius 3 is 2.53 bits per heavy atom. The number of hydrogen-bond donors (Lipinski definition) is 2. The van der Waals surface area contributed by atoms with Gasteiger partial charge in [-0.05, 0) is 44.0 Å². The number of aromatic nitrogens is 2. The van der Waals surface area contributed by atoms with Gasteiger partial charge in [-0.3, -0.25) is 14.9 Å². The van der Waals surface area contributed by atoms with Crippen LogP contribution < -0.4 is 10.2 Å². The van der Waals surface area contributed by atoms with E-state index in [1.165, 1.54) is 18.3 Å². The number of thiazole rings is 1. The Kier molecular flexibility index (Phi) is 7.19. The summed E-state index contributed by atoms with van der Waals surface area (Å²) in [5.41, 5.74) is -0.999. The van der Waals surface area contributed by atoms with E-state index in [1.807, 2.05) is 4.90 Å². The highest BCUT2D eigenvalue weighted by Gasteiger charge is 2.34.